The lowest BCUT2D eigenvalue weighted by molar-refractivity contribution is 0.0951. The Bertz CT molecular complexity index is 335. The first-order chi connectivity index (χ1) is 6.79. The van der Waals surface area contributed by atoms with E-state index in [1.807, 2.05) is 0 Å². The lowest BCUT2D eigenvalue weighted by Crippen LogP contribution is -2.24. The number of hydrogen-bond acceptors (Lipinski definition) is 3. The van der Waals surface area contributed by atoms with Crippen molar-refractivity contribution in [3.05, 3.63) is 18.0 Å². The van der Waals surface area contributed by atoms with Gasteiger partial charge in [0.2, 0.25) is 0 Å². The van der Waals surface area contributed by atoms with E-state index in [2.05, 4.69) is 10.4 Å². The van der Waals surface area contributed by atoms with Gasteiger partial charge in [-0.15, -0.1) is 12.4 Å². The van der Waals surface area contributed by atoms with Crippen molar-refractivity contribution in [1.82, 2.24) is 15.1 Å². The average Bonchev–Trinajstić information content (AvgIpc) is 2.83. The number of rotatable bonds is 4. The van der Waals surface area contributed by atoms with Gasteiger partial charge in [0.1, 0.15) is 0 Å². The molecule has 0 saturated heterocycles. The van der Waals surface area contributed by atoms with E-state index in [1.165, 1.54) is 0 Å². The van der Waals surface area contributed by atoms with Crippen LogP contribution in [0.2, 0.25) is 0 Å². The van der Waals surface area contributed by atoms with Crippen LogP contribution in [0.1, 0.15) is 23.2 Å². The first kappa shape index (κ1) is 12.0. The molecule has 1 aliphatic carbocycles. The van der Waals surface area contributed by atoms with Gasteiger partial charge in [-0.25, -0.2) is 0 Å². The second kappa shape index (κ2) is 5.14. The van der Waals surface area contributed by atoms with Crippen molar-refractivity contribution < 1.29 is 4.79 Å². The molecule has 0 aliphatic heterocycles. The largest absolute Gasteiger partial charge is 0.349 e. The molecule has 84 valence electrons. The summed E-state index contributed by atoms with van der Waals surface area (Å²) in [5.74, 6) is -0.0317. The highest BCUT2D eigenvalue weighted by Crippen LogP contribution is 2.19. The smallest absolute Gasteiger partial charge is 0.254 e. The zero-order valence-corrected chi connectivity index (χ0v) is 9.17. The van der Waals surface area contributed by atoms with Crippen molar-refractivity contribution in [3.63, 3.8) is 0 Å². The zero-order valence-electron chi connectivity index (χ0n) is 8.35. The molecular formula is C9H15ClN4O. The van der Waals surface area contributed by atoms with Crippen LogP contribution < -0.4 is 11.1 Å². The molecule has 1 heterocycles. The first-order valence-corrected chi connectivity index (χ1v) is 4.83. The fraction of sp³-hybridized carbons (Fsp3) is 0.556. The van der Waals surface area contributed by atoms with Gasteiger partial charge in [-0.05, 0) is 12.8 Å². The Morgan fingerprint density at radius 1 is 1.67 bits per heavy atom. The van der Waals surface area contributed by atoms with Crippen LogP contribution >= 0.6 is 12.4 Å². The molecule has 5 nitrogen and oxygen atoms in total. The summed E-state index contributed by atoms with van der Waals surface area (Å²) in [6, 6.07) is 0.389. The van der Waals surface area contributed by atoms with Crippen molar-refractivity contribution in [2.75, 3.05) is 6.54 Å². The summed E-state index contributed by atoms with van der Waals surface area (Å²) in [5, 5.41) is 6.93. The number of nitrogens with two attached hydrogens (primary N) is 1. The molecule has 1 aliphatic rings. The van der Waals surface area contributed by atoms with Gasteiger partial charge < -0.3 is 11.1 Å². The number of aromatic nitrogens is 2. The summed E-state index contributed by atoms with van der Waals surface area (Å²) in [4.78, 5) is 11.5. The van der Waals surface area contributed by atoms with Gasteiger partial charge in [-0.3, -0.25) is 9.48 Å². The molecule has 1 amide bonds. The van der Waals surface area contributed by atoms with Gasteiger partial charge in [0.05, 0.1) is 18.3 Å². The summed E-state index contributed by atoms with van der Waals surface area (Å²) >= 11 is 0. The number of halogens is 1. The SMILES string of the molecule is Cl.NCCn1cc(C(=O)NC2CC2)cn1. The highest BCUT2D eigenvalue weighted by molar-refractivity contribution is 5.94. The Hall–Kier alpha value is -1.07. The molecule has 0 spiro atoms. The average molecular weight is 231 g/mol. The lowest BCUT2D eigenvalue weighted by atomic mass is 10.3. The maximum absolute atomic E-state index is 11.5. The summed E-state index contributed by atoms with van der Waals surface area (Å²) in [7, 11) is 0. The van der Waals surface area contributed by atoms with E-state index in [4.69, 9.17) is 5.73 Å². The van der Waals surface area contributed by atoms with Crippen LogP contribution in [0, 0.1) is 0 Å². The minimum absolute atomic E-state index is 0. The minimum Gasteiger partial charge on any atom is -0.349 e. The molecule has 0 radical (unpaired) electrons. The molecule has 1 fully saturated rings. The second-order valence-electron chi connectivity index (χ2n) is 3.53. The van der Waals surface area contributed by atoms with Gasteiger partial charge in [-0.2, -0.15) is 5.10 Å². The summed E-state index contributed by atoms with van der Waals surface area (Å²) in [6.07, 6.45) is 5.50. The van der Waals surface area contributed by atoms with E-state index >= 15 is 0 Å². The Balaban J connectivity index is 0.00000112. The molecule has 15 heavy (non-hydrogen) atoms. The number of amides is 1. The maximum Gasteiger partial charge on any atom is 0.254 e. The maximum atomic E-state index is 11.5. The molecule has 0 bridgehead atoms. The predicted molar refractivity (Wildman–Crippen MR) is 59.0 cm³/mol. The normalized spacial score (nSPS) is 14.5. The van der Waals surface area contributed by atoms with Gasteiger partial charge in [0, 0.05) is 18.8 Å². The standard InChI is InChI=1S/C9H14N4O.ClH/c10-3-4-13-6-7(5-11-13)9(14)12-8-1-2-8;/h5-6,8H,1-4,10H2,(H,12,14);1H. The molecule has 0 unspecified atom stereocenters. The quantitative estimate of drug-likeness (QED) is 0.774. The summed E-state index contributed by atoms with van der Waals surface area (Å²) < 4.78 is 1.68. The fourth-order valence-electron chi connectivity index (χ4n) is 1.23. The van der Waals surface area contributed by atoms with E-state index < -0.39 is 0 Å². The molecule has 0 atom stereocenters. The minimum atomic E-state index is -0.0317. The van der Waals surface area contributed by atoms with Crippen LogP contribution in [0.25, 0.3) is 0 Å². The fourth-order valence-corrected chi connectivity index (χ4v) is 1.23. The third-order valence-electron chi connectivity index (χ3n) is 2.17. The highest BCUT2D eigenvalue weighted by Gasteiger charge is 2.24. The number of nitrogens with one attached hydrogen (secondary N) is 1. The lowest BCUT2D eigenvalue weighted by Gasteiger charge is -1.99. The zero-order chi connectivity index (χ0) is 9.97. The van der Waals surface area contributed by atoms with Crippen LogP contribution in [0.5, 0.6) is 0 Å². The number of carbonyl (C=O) groups excluding carboxylic acids is 1. The molecule has 1 saturated carbocycles. The van der Waals surface area contributed by atoms with E-state index in [0.29, 0.717) is 24.7 Å². The Labute approximate surface area is 94.4 Å². The Morgan fingerprint density at radius 2 is 2.40 bits per heavy atom. The van der Waals surface area contributed by atoms with Gasteiger partial charge in [-0.1, -0.05) is 0 Å². The van der Waals surface area contributed by atoms with Crippen molar-refractivity contribution in [2.45, 2.75) is 25.4 Å². The number of carbonyl (C=O) groups is 1. The first-order valence-electron chi connectivity index (χ1n) is 4.83. The van der Waals surface area contributed by atoms with Crippen LogP contribution in [0.4, 0.5) is 0 Å². The molecule has 1 aromatic heterocycles. The molecular weight excluding hydrogens is 216 g/mol. The summed E-state index contributed by atoms with van der Waals surface area (Å²) in [5.41, 5.74) is 5.99. The van der Waals surface area contributed by atoms with Crippen LogP contribution in [-0.2, 0) is 6.54 Å². The molecule has 6 heteroatoms. The van der Waals surface area contributed by atoms with E-state index in [9.17, 15) is 4.79 Å². The molecule has 0 aromatic carbocycles. The Morgan fingerprint density at radius 3 is 3.00 bits per heavy atom. The van der Waals surface area contributed by atoms with Crippen molar-refractivity contribution in [2.24, 2.45) is 5.73 Å². The molecule has 2 rings (SSSR count). The monoisotopic (exact) mass is 230 g/mol. The van der Waals surface area contributed by atoms with Gasteiger partial charge >= 0.3 is 0 Å². The summed E-state index contributed by atoms with van der Waals surface area (Å²) in [6.45, 7) is 1.18. The van der Waals surface area contributed by atoms with Gasteiger partial charge in [0.15, 0.2) is 0 Å². The van der Waals surface area contributed by atoms with E-state index in [0.717, 1.165) is 12.8 Å². The van der Waals surface area contributed by atoms with Crippen molar-refractivity contribution in [1.29, 1.82) is 0 Å². The van der Waals surface area contributed by atoms with Crippen LogP contribution in [0.15, 0.2) is 12.4 Å². The predicted octanol–water partition coefficient (Wildman–Crippen LogP) is 0.156. The van der Waals surface area contributed by atoms with Crippen LogP contribution in [-0.4, -0.2) is 28.3 Å². The highest BCUT2D eigenvalue weighted by atomic mass is 35.5. The topological polar surface area (TPSA) is 72.9 Å². The van der Waals surface area contributed by atoms with E-state index in [-0.39, 0.29) is 18.3 Å². The Kier molecular flexibility index (Phi) is 4.11. The van der Waals surface area contributed by atoms with Crippen molar-refractivity contribution in [3.8, 4) is 0 Å². The third-order valence-corrected chi connectivity index (χ3v) is 2.17. The van der Waals surface area contributed by atoms with E-state index in [1.54, 1.807) is 17.1 Å². The number of nitrogens with zero attached hydrogens (tertiary/aromatic N) is 2. The third kappa shape index (κ3) is 3.21. The molecule has 1 aromatic rings. The second-order valence-corrected chi connectivity index (χ2v) is 3.53. The molecule has 3 N–H and O–H groups in total. The van der Waals surface area contributed by atoms with Crippen LogP contribution in [0.3, 0.4) is 0 Å². The van der Waals surface area contributed by atoms with Crippen molar-refractivity contribution >= 4 is 18.3 Å². The number of hydrogen-bond donors (Lipinski definition) is 2. The van der Waals surface area contributed by atoms with Gasteiger partial charge in [0.25, 0.3) is 5.91 Å².